The molecule has 0 aliphatic carbocycles. The van der Waals surface area contributed by atoms with Crippen LogP contribution in [0.3, 0.4) is 0 Å². The highest BCUT2D eigenvalue weighted by molar-refractivity contribution is 6.00. The smallest absolute Gasteiger partial charge is 0.337 e. The van der Waals surface area contributed by atoms with Crippen LogP contribution in [0, 0.1) is 5.82 Å². The van der Waals surface area contributed by atoms with Crippen molar-refractivity contribution >= 4 is 17.0 Å². The van der Waals surface area contributed by atoms with Gasteiger partial charge in [0.25, 0.3) is 0 Å². The molecule has 0 atom stereocenters. The minimum Gasteiger partial charge on any atom is -0.478 e. The normalized spacial score (nSPS) is 10.8. The Morgan fingerprint density at radius 3 is 2.80 bits per heavy atom. The van der Waals surface area contributed by atoms with Crippen LogP contribution >= 0.6 is 0 Å². The lowest BCUT2D eigenvalue weighted by Gasteiger charge is -2.05. The van der Waals surface area contributed by atoms with E-state index in [1.165, 1.54) is 22.9 Å². The summed E-state index contributed by atoms with van der Waals surface area (Å²) in [5.74, 6) is -1.39. The van der Waals surface area contributed by atoms with Crippen LogP contribution in [0.25, 0.3) is 11.0 Å². The monoisotopic (exact) mass is 271 g/mol. The summed E-state index contributed by atoms with van der Waals surface area (Å²) in [5.41, 5.74) is 1.76. The van der Waals surface area contributed by atoms with Crippen LogP contribution < -0.4 is 0 Å². The minimum absolute atomic E-state index is 0.129. The van der Waals surface area contributed by atoms with E-state index >= 15 is 0 Å². The Balaban J connectivity index is 2.10. The van der Waals surface area contributed by atoms with Crippen molar-refractivity contribution in [2.24, 2.45) is 0 Å². The van der Waals surface area contributed by atoms with Crippen LogP contribution in [-0.4, -0.2) is 26.1 Å². The molecule has 5 nitrogen and oxygen atoms in total. The number of benzene rings is 2. The number of carboxylic acid groups (broad SMARTS) is 1. The van der Waals surface area contributed by atoms with E-state index in [0.717, 1.165) is 0 Å². The molecule has 0 fully saturated rings. The van der Waals surface area contributed by atoms with E-state index in [0.29, 0.717) is 16.6 Å². The van der Waals surface area contributed by atoms with Gasteiger partial charge in [0.2, 0.25) is 0 Å². The number of carboxylic acids is 1. The number of aromatic carboxylic acids is 1. The summed E-state index contributed by atoms with van der Waals surface area (Å²) in [6, 6.07) is 10.9. The SMILES string of the molecule is O=C(O)c1cccc2nnn(Cc3cccc(F)c3)c12. The first-order chi connectivity index (χ1) is 9.65. The van der Waals surface area contributed by atoms with Gasteiger partial charge in [-0.05, 0) is 29.8 Å². The van der Waals surface area contributed by atoms with Crippen molar-refractivity contribution < 1.29 is 14.3 Å². The van der Waals surface area contributed by atoms with Crippen LogP contribution in [0.1, 0.15) is 15.9 Å². The second-order valence-electron chi connectivity index (χ2n) is 4.36. The number of carbonyl (C=O) groups is 1. The maximum absolute atomic E-state index is 13.2. The van der Waals surface area contributed by atoms with E-state index < -0.39 is 5.97 Å². The molecule has 2 aromatic carbocycles. The average molecular weight is 271 g/mol. The fourth-order valence-corrected chi connectivity index (χ4v) is 2.12. The highest BCUT2D eigenvalue weighted by Gasteiger charge is 2.14. The summed E-state index contributed by atoms with van der Waals surface area (Å²) < 4.78 is 14.6. The molecule has 0 amide bonds. The Morgan fingerprint density at radius 2 is 2.05 bits per heavy atom. The van der Waals surface area contributed by atoms with Gasteiger partial charge < -0.3 is 5.11 Å². The van der Waals surface area contributed by atoms with E-state index in [2.05, 4.69) is 10.3 Å². The Bertz CT molecular complexity index is 798. The molecular weight excluding hydrogens is 261 g/mol. The minimum atomic E-state index is -1.04. The predicted molar refractivity (Wildman–Crippen MR) is 70.0 cm³/mol. The van der Waals surface area contributed by atoms with Gasteiger partial charge in [0.1, 0.15) is 16.9 Å². The average Bonchev–Trinajstić information content (AvgIpc) is 2.82. The summed E-state index contributed by atoms with van der Waals surface area (Å²) in [6.07, 6.45) is 0. The quantitative estimate of drug-likeness (QED) is 0.793. The Kier molecular flexibility index (Phi) is 2.90. The largest absolute Gasteiger partial charge is 0.478 e. The first kappa shape index (κ1) is 12.3. The molecule has 0 radical (unpaired) electrons. The van der Waals surface area contributed by atoms with Crippen molar-refractivity contribution in [3.63, 3.8) is 0 Å². The third-order valence-corrected chi connectivity index (χ3v) is 2.99. The van der Waals surface area contributed by atoms with Gasteiger partial charge in [0, 0.05) is 0 Å². The maximum Gasteiger partial charge on any atom is 0.337 e. The maximum atomic E-state index is 13.2. The lowest BCUT2D eigenvalue weighted by molar-refractivity contribution is 0.0698. The Morgan fingerprint density at radius 1 is 1.25 bits per heavy atom. The van der Waals surface area contributed by atoms with E-state index in [1.54, 1.807) is 24.3 Å². The van der Waals surface area contributed by atoms with Gasteiger partial charge in [-0.25, -0.2) is 13.9 Å². The van der Waals surface area contributed by atoms with Crippen molar-refractivity contribution in [3.05, 3.63) is 59.4 Å². The number of hydrogen-bond donors (Lipinski definition) is 1. The van der Waals surface area contributed by atoms with Crippen LogP contribution in [0.5, 0.6) is 0 Å². The molecule has 0 aliphatic rings. The van der Waals surface area contributed by atoms with Gasteiger partial charge in [-0.15, -0.1) is 5.10 Å². The Hall–Kier alpha value is -2.76. The number of hydrogen-bond acceptors (Lipinski definition) is 3. The molecule has 1 heterocycles. The summed E-state index contributed by atoms with van der Waals surface area (Å²) >= 11 is 0. The van der Waals surface area contributed by atoms with Gasteiger partial charge in [-0.1, -0.05) is 23.4 Å². The molecule has 0 unspecified atom stereocenters. The molecule has 3 aromatic rings. The molecule has 1 N–H and O–H groups in total. The fourth-order valence-electron chi connectivity index (χ4n) is 2.12. The predicted octanol–water partition coefficient (Wildman–Crippen LogP) is 2.32. The number of halogens is 1. The highest BCUT2D eigenvalue weighted by Crippen LogP contribution is 2.18. The number of para-hydroxylation sites is 1. The second-order valence-corrected chi connectivity index (χ2v) is 4.36. The Labute approximate surface area is 113 Å². The van der Waals surface area contributed by atoms with Crippen LogP contribution in [-0.2, 0) is 6.54 Å². The molecule has 20 heavy (non-hydrogen) atoms. The van der Waals surface area contributed by atoms with E-state index in [1.807, 2.05) is 0 Å². The topological polar surface area (TPSA) is 68.0 Å². The lowest BCUT2D eigenvalue weighted by atomic mass is 10.1. The summed E-state index contributed by atoms with van der Waals surface area (Å²) in [7, 11) is 0. The van der Waals surface area contributed by atoms with Gasteiger partial charge in [0.05, 0.1) is 12.1 Å². The number of nitrogens with zero attached hydrogens (tertiary/aromatic N) is 3. The van der Waals surface area contributed by atoms with Gasteiger partial charge >= 0.3 is 5.97 Å². The van der Waals surface area contributed by atoms with E-state index in [9.17, 15) is 14.3 Å². The molecule has 0 saturated heterocycles. The standard InChI is InChI=1S/C14H10FN3O2/c15-10-4-1-3-9(7-10)8-18-13-11(14(19)20)5-2-6-12(13)16-17-18/h1-7H,8H2,(H,19,20). The highest BCUT2D eigenvalue weighted by atomic mass is 19.1. The van der Waals surface area contributed by atoms with Crippen molar-refractivity contribution in [2.45, 2.75) is 6.54 Å². The molecule has 0 aliphatic heterocycles. The fraction of sp³-hybridized carbons (Fsp3) is 0.0714. The number of rotatable bonds is 3. The summed E-state index contributed by atoms with van der Waals surface area (Å²) in [6.45, 7) is 0.262. The molecule has 3 rings (SSSR count). The molecule has 100 valence electrons. The van der Waals surface area contributed by atoms with Crippen molar-refractivity contribution in [2.75, 3.05) is 0 Å². The zero-order valence-corrected chi connectivity index (χ0v) is 10.3. The zero-order valence-electron chi connectivity index (χ0n) is 10.3. The molecule has 0 saturated carbocycles. The molecule has 0 spiro atoms. The van der Waals surface area contributed by atoms with Crippen molar-refractivity contribution in [1.29, 1.82) is 0 Å². The number of aromatic nitrogens is 3. The number of fused-ring (bicyclic) bond motifs is 1. The lowest BCUT2D eigenvalue weighted by Crippen LogP contribution is -2.06. The summed E-state index contributed by atoms with van der Waals surface area (Å²) in [5, 5.41) is 17.1. The van der Waals surface area contributed by atoms with E-state index in [4.69, 9.17) is 0 Å². The molecule has 0 bridgehead atoms. The first-order valence-corrected chi connectivity index (χ1v) is 5.95. The molecular formula is C14H10FN3O2. The third-order valence-electron chi connectivity index (χ3n) is 2.99. The third kappa shape index (κ3) is 2.11. The zero-order chi connectivity index (χ0) is 14.1. The van der Waals surface area contributed by atoms with Crippen molar-refractivity contribution in [3.8, 4) is 0 Å². The first-order valence-electron chi connectivity index (χ1n) is 5.95. The molecule has 6 heteroatoms. The van der Waals surface area contributed by atoms with Crippen LogP contribution in [0.15, 0.2) is 42.5 Å². The van der Waals surface area contributed by atoms with Gasteiger partial charge in [-0.3, -0.25) is 0 Å². The van der Waals surface area contributed by atoms with Crippen LogP contribution in [0.4, 0.5) is 4.39 Å². The molecule has 1 aromatic heterocycles. The van der Waals surface area contributed by atoms with Gasteiger partial charge in [0.15, 0.2) is 0 Å². The summed E-state index contributed by atoms with van der Waals surface area (Å²) in [4.78, 5) is 11.2. The van der Waals surface area contributed by atoms with E-state index in [-0.39, 0.29) is 17.9 Å². The van der Waals surface area contributed by atoms with Gasteiger partial charge in [-0.2, -0.15) is 0 Å². The second kappa shape index (κ2) is 4.73. The van der Waals surface area contributed by atoms with Crippen molar-refractivity contribution in [1.82, 2.24) is 15.0 Å². The van der Waals surface area contributed by atoms with Crippen LogP contribution in [0.2, 0.25) is 0 Å².